The van der Waals surface area contributed by atoms with Crippen LogP contribution in [-0.4, -0.2) is 36.0 Å². The van der Waals surface area contributed by atoms with E-state index >= 15 is 0 Å². The molecule has 1 saturated heterocycles. The van der Waals surface area contributed by atoms with E-state index in [-0.39, 0.29) is 0 Å². The fourth-order valence-electron chi connectivity index (χ4n) is 2.29. The third-order valence-corrected chi connectivity index (χ3v) is 4.14. The molecule has 18 heavy (non-hydrogen) atoms. The van der Waals surface area contributed by atoms with Gasteiger partial charge >= 0.3 is 0 Å². The number of ether oxygens (including phenoxy) is 1. The summed E-state index contributed by atoms with van der Waals surface area (Å²) in [5.41, 5.74) is 1.39. The Morgan fingerprint density at radius 3 is 2.44 bits per heavy atom. The van der Waals surface area contributed by atoms with Gasteiger partial charge in [0.15, 0.2) is 0 Å². The van der Waals surface area contributed by atoms with Gasteiger partial charge in [0.1, 0.15) is 0 Å². The molecule has 0 bridgehead atoms. The van der Waals surface area contributed by atoms with Crippen molar-refractivity contribution in [1.29, 1.82) is 0 Å². The van der Waals surface area contributed by atoms with Gasteiger partial charge in [-0.05, 0) is 30.5 Å². The van der Waals surface area contributed by atoms with Gasteiger partial charge in [-0.3, -0.25) is 4.90 Å². The number of alkyl halides is 1. The Hall–Kier alpha value is 0.100. The predicted molar refractivity (Wildman–Crippen MR) is 82.2 cm³/mol. The summed E-state index contributed by atoms with van der Waals surface area (Å²) < 4.78 is 6.91. The van der Waals surface area contributed by atoms with Crippen molar-refractivity contribution in [2.24, 2.45) is 0 Å². The molecule has 0 saturated carbocycles. The lowest BCUT2D eigenvalue weighted by Gasteiger charge is -2.31. The van der Waals surface area contributed by atoms with E-state index in [1.165, 1.54) is 5.56 Å². The van der Waals surface area contributed by atoms with Crippen LogP contribution in [-0.2, 0) is 11.3 Å². The Kier molecular flexibility index (Phi) is 6.15. The number of hydrogen-bond acceptors (Lipinski definition) is 2. The first-order valence-electron chi connectivity index (χ1n) is 6.42. The molecule has 0 N–H and O–H groups in total. The van der Waals surface area contributed by atoms with Crippen LogP contribution in [0.5, 0.6) is 0 Å². The summed E-state index contributed by atoms with van der Waals surface area (Å²) in [6.07, 6.45) is 2.77. The van der Waals surface area contributed by atoms with Crippen LogP contribution in [0, 0.1) is 0 Å². The number of rotatable bonds is 5. The molecule has 1 aromatic rings. The lowest BCUT2D eigenvalue weighted by atomic mass is 10.1. The molecule has 4 heteroatoms. The normalized spacial score (nSPS) is 18.1. The number of piperidine rings is 1. The number of benzene rings is 1. The molecule has 0 radical (unpaired) electrons. The van der Waals surface area contributed by atoms with E-state index in [0.717, 1.165) is 48.9 Å². The zero-order valence-corrected chi connectivity index (χ0v) is 13.6. The molecule has 2 nitrogen and oxygen atoms in total. The van der Waals surface area contributed by atoms with Gasteiger partial charge in [0.25, 0.3) is 0 Å². The zero-order chi connectivity index (χ0) is 12.8. The second-order valence-electron chi connectivity index (χ2n) is 4.66. The number of halogens is 2. The highest BCUT2D eigenvalue weighted by Crippen LogP contribution is 2.17. The molecule has 0 unspecified atom stereocenters. The maximum Gasteiger partial charge on any atom is 0.0599 e. The molecule has 0 aromatic heterocycles. The molecule has 1 aliphatic heterocycles. The summed E-state index contributed by atoms with van der Waals surface area (Å²) in [6, 6.07) is 8.61. The van der Waals surface area contributed by atoms with E-state index < -0.39 is 0 Å². The smallest absolute Gasteiger partial charge is 0.0599 e. The van der Waals surface area contributed by atoms with Gasteiger partial charge < -0.3 is 4.74 Å². The molecule has 0 aliphatic carbocycles. The molecule has 1 fully saturated rings. The van der Waals surface area contributed by atoms with Crippen molar-refractivity contribution in [3.05, 3.63) is 34.3 Å². The van der Waals surface area contributed by atoms with E-state index in [2.05, 4.69) is 61.0 Å². The Labute approximate surface area is 126 Å². The molecule has 1 heterocycles. The molecule has 0 amide bonds. The van der Waals surface area contributed by atoms with Crippen LogP contribution in [0.25, 0.3) is 0 Å². The van der Waals surface area contributed by atoms with Gasteiger partial charge in [-0.15, -0.1) is 0 Å². The van der Waals surface area contributed by atoms with Crippen molar-refractivity contribution in [3.8, 4) is 0 Å². The molecule has 2 rings (SSSR count). The quantitative estimate of drug-likeness (QED) is 0.724. The van der Waals surface area contributed by atoms with Gasteiger partial charge in [0.05, 0.1) is 12.7 Å². The summed E-state index contributed by atoms with van der Waals surface area (Å²) in [4.78, 5) is 2.51. The first kappa shape index (κ1) is 14.5. The largest absolute Gasteiger partial charge is 0.377 e. The van der Waals surface area contributed by atoms with Crippen molar-refractivity contribution in [1.82, 2.24) is 4.90 Å². The summed E-state index contributed by atoms with van der Waals surface area (Å²) in [5.74, 6) is 0. The Morgan fingerprint density at radius 2 is 1.83 bits per heavy atom. The van der Waals surface area contributed by atoms with E-state index in [9.17, 15) is 0 Å². The van der Waals surface area contributed by atoms with Crippen molar-refractivity contribution in [2.75, 3.05) is 25.0 Å². The maximum absolute atomic E-state index is 5.77. The summed E-state index contributed by atoms with van der Waals surface area (Å²) >= 11 is 6.87. The predicted octanol–water partition coefficient (Wildman–Crippen LogP) is 3.83. The lowest BCUT2D eigenvalue weighted by molar-refractivity contribution is 0.0141. The fraction of sp³-hybridized carbons (Fsp3) is 0.571. The van der Waals surface area contributed by atoms with Crippen molar-refractivity contribution in [3.63, 3.8) is 0 Å². The molecular weight excluding hydrogens is 358 g/mol. The van der Waals surface area contributed by atoms with E-state index in [0.29, 0.717) is 6.10 Å². The van der Waals surface area contributed by atoms with Gasteiger partial charge in [-0.25, -0.2) is 0 Å². The monoisotopic (exact) mass is 375 g/mol. The Morgan fingerprint density at radius 1 is 1.17 bits per heavy atom. The van der Waals surface area contributed by atoms with Gasteiger partial charge in [-0.2, -0.15) is 0 Å². The molecule has 1 aromatic carbocycles. The van der Waals surface area contributed by atoms with Gasteiger partial charge in [0, 0.05) is 29.4 Å². The van der Waals surface area contributed by atoms with Gasteiger partial charge in [-0.1, -0.05) is 44.0 Å². The van der Waals surface area contributed by atoms with E-state index in [1.54, 1.807) is 0 Å². The number of hydrogen-bond donors (Lipinski definition) is 0. The van der Waals surface area contributed by atoms with Crippen molar-refractivity contribution in [2.45, 2.75) is 25.5 Å². The van der Waals surface area contributed by atoms with Crippen LogP contribution in [0.1, 0.15) is 18.4 Å². The summed E-state index contributed by atoms with van der Waals surface area (Å²) in [6.45, 7) is 4.17. The SMILES string of the molecule is BrCCOC1CCN(Cc2ccc(Br)cc2)CC1. The van der Waals surface area contributed by atoms with Crippen molar-refractivity contribution >= 4 is 31.9 Å². The third-order valence-electron chi connectivity index (χ3n) is 3.28. The minimum Gasteiger partial charge on any atom is -0.377 e. The van der Waals surface area contributed by atoms with Crippen LogP contribution < -0.4 is 0 Å². The van der Waals surface area contributed by atoms with Crippen LogP contribution in [0.15, 0.2) is 28.7 Å². The highest BCUT2D eigenvalue weighted by atomic mass is 79.9. The maximum atomic E-state index is 5.77. The Bertz CT molecular complexity index is 347. The van der Waals surface area contributed by atoms with Crippen LogP contribution in [0.4, 0.5) is 0 Å². The first-order chi connectivity index (χ1) is 8.78. The second kappa shape index (κ2) is 7.63. The second-order valence-corrected chi connectivity index (χ2v) is 6.37. The van der Waals surface area contributed by atoms with E-state index in [4.69, 9.17) is 4.74 Å². The third kappa shape index (κ3) is 4.65. The summed E-state index contributed by atoms with van der Waals surface area (Å²) in [7, 11) is 0. The average molecular weight is 377 g/mol. The molecule has 100 valence electrons. The topological polar surface area (TPSA) is 12.5 Å². The zero-order valence-electron chi connectivity index (χ0n) is 10.4. The first-order valence-corrected chi connectivity index (χ1v) is 8.34. The fourth-order valence-corrected chi connectivity index (χ4v) is 2.74. The van der Waals surface area contributed by atoms with Crippen molar-refractivity contribution < 1.29 is 4.74 Å². The average Bonchev–Trinajstić information content (AvgIpc) is 2.41. The highest BCUT2D eigenvalue weighted by Gasteiger charge is 2.19. The minimum absolute atomic E-state index is 0.462. The molecule has 0 atom stereocenters. The lowest BCUT2D eigenvalue weighted by Crippen LogP contribution is -2.36. The molecule has 0 spiro atoms. The summed E-state index contributed by atoms with van der Waals surface area (Å²) in [5, 5.41) is 0.937. The van der Waals surface area contributed by atoms with Crippen LogP contribution >= 0.6 is 31.9 Å². The van der Waals surface area contributed by atoms with Gasteiger partial charge in [0.2, 0.25) is 0 Å². The van der Waals surface area contributed by atoms with E-state index in [1.807, 2.05) is 0 Å². The van der Waals surface area contributed by atoms with Crippen LogP contribution in [0.2, 0.25) is 0 Å². The number of likely N-dealkylation sites (tertiary alicyclic amines) is 1. The standard InChI is InChI=1S/C14H19Br2NO/c15-7-10-18-14-5-8-17(9-6-14)11-12-1-3-13(16)4-2-12/h1-4,14H,5-11H2. The minimum atomic E-state index is 0.462. The molecular formula is C14H19Br2NO. The molecule has 1 aliphatic rings. The number of nitrogens with zero attached hydrogens (tertiary/aromatic N) is 1. The Balaban J connectivity index is 1.74. The highest BCUT2D eigenvalue weighted by molar-refractivity contribution is 9.10. The van der Waals surface area contributed by atoms with Crippen LogP contribution in [0.3, 0.4) is 0 Å².